The van der Waals surface area contributed by atoms with Crippen molar-refractivity contribution in [2.24, 2.45) is 0 Å². The second-order valence-electron chi connectivity index (χ2n) is 10.6. The molecule has 178 valence electrons. The van der Waals surface area contributed by atoms with Crippen molar-refractivity contribution in [2.45, 2.75) is 63.2 Å². The summed E-state index contributed by atoms with van der Waals surface area (Å²) in [6.45, 7) is 8.74. The van der Waals surface area contributed by atoms with Crippen LogP contribution < -0.4 is 21.5 Å². The summed E-state index contributed by atoms with van der Waals surface area (Å²) >= 11 is 0. The van der Waals surface area contributed by atoms with Crippen molar-refractivity contribution >= 4 is 6.03 Å². The van der Waals surface area contributed by atoms with Crippen LogP contribution in [0.1, 0.15) is 57.2 Å². The van der Waals surface area contributed by atoms with Gasteiger partial charge < -0.3 is 10.6 Å². The number of hydrogen-bond donors (Lipinski definition) is 4. The van der Waals surface area contributed by atoms with Crippen LogP contribution in [0.25, 0.3) is 0 Å². The van der Waals surface area contributed by atoms with Crippen LogP contribution in [0.4, 0.5) is 4.79 Å². The van der Waals surface area contributed by atoms with Crippen LogP contribution in [-0.4, -0.2) is 23.2 Å². The van der Waals surface area contributed by atoms with Crippen molar-refractivity contribution in [3.63, 3.8) is 0 Å². The van der Waals surface area contributed by atoms with Gasteiger partial charge in [-0.25, -0.2) is 10.2 Å². The molecule has 1 fully saturated rings. The fourth-order valence-electron chi connectivity index (χ4n) is 5.58. The molecule has 0 radical (unpaired) electrons. The fourth-order valence-corrected chi connectivity index (χ4v) is 5.58. The van der Waals surface area contributed by atoms with Gasteiger partial charge in [-0.15, -0.1) is 0 Å². The molecule has 0 aromatic heterocycles. The summed E-state index contributed by atoms with van der Waals surface area (Å²) in [6.07, 6.45) is 1.73. The van der Waals surface area contributed by atoms with Crippen molar-refractivity contribution in [2.75, 3.05) is 0 Å². The number of carbonyl (C=O) groups is 1. The molecule has 0 bridgehead atoms. The monoisotopic (exact) mass is 456 g/mol. The lowest BCUT2D eigenvalue weighted by atomic mass is 9.77. The Morgan fingerprint density at radius 3 is 1.50 bits per heavy atom. The summed E-state index contributed by atoms with van der Waals surface area (Å²) in [4.78, 5) is 13.2. The topological polar surface area (TPSA) is 65.2 Å². The Kier molecular flexibility index (Phi) is 6.78. The summed E-state index contributed by atoms with van der Waals surface area (Å²) in [5, 5.41) is 6.87. The first-order valence-electron chi connectivity index (χ1n) is 12.0. The minimum atomic E-state index is -0.756. The molecular formula is C29H36N4O. The molecule has 34 heavy (non-hydrogen) atoms. The number of hydrogen-bond acceptors (Lipinski definition) is 3. The summed E-state index contributed by atoms with van der Waals surface area (Å²) < 4.78 is 0. The van der Waals surface area contributed by atoms with Crippen LogP contribution in [-0.2, 0) is 5.54 Å². The maximum Gasteiger partial charge on any atom is 0.329 e. The first-order chi connectivity index (χ1) is 16.2. The number of piperidine rings is 1. The lowest BCUT2D eigenvalue weighted by Crippen LogP contribution is -2.64. The van der Waals surface area contributed by atoms with Crippen LogP contribution in [0, 0.1) is 0 Å². The SMILES string of the molecule is CC1(C)CC(NC(=O)NNC(c2ccccc2)(c2ccccc2)c2ccccc2)CC(C)(C)N1. The van der Waals surface area contributed by atoms with Crippen LogP contribution in [0.5, 0.6) is 0 Å². The standard InChI is InChI=1S/C29H36N4O/c1-27(2)20-25(21-28(3,4)32-27)30-26(34)31-33-29(22-14-8-5-9-15-22,23-16-10-6-11-17-23)24-18-12-7-13-19-24/h5-19,25,32-33H,20-21H2,1-4H3,(H2,30,31,34). The van der Waals surface area contributed by atoms with Gasteiger partial charge in [0.25, 0.3) is 0 Å². The highest BCUT2D eigenvalue weighted by Gasteiger charge is 2.39. The molecule has 1 aliphatic rings. The Morgan fingerprint density at radius 2 is 1.12 bits per heavy atom. The molecule has 3 aromatic carbocycles. The van der Waals surface area contributed by atoms with Crippen molar-refractivity contribution in [1.29, 1.82) is 0 Å². The number of carbonyl (C=O) groups excluding carboxylic acids is 1. The Labute approximate surface area is 203 Å². The van der Waals surface area contributed by atoms with Crippen LogP contribution in [0.3, 0.4) is 0 Å². The zero-order chi connectivity index (χ0) is 24.2. The predicted octanol–water partition coefficient (Wildman–Crippen LogP) is 5.09. The summed E-state index contributed by atoms with van der Waals surface area (Å²) in [5.74, 6) is 0. The van der Waals surface area contributed by atoms with E-state index in [4.69, 9.17) is 0 Å². The number of rotatable bonds is 6. The van der Waals surface area contributed by atoms with E-state index in [0.29, 0.717) is 0 Å². The van der Waals surface area contributed by atoms with Crippen molar-refractivity contribution in [1.82, 2.24) is 21.5 Å². The zero-order valence-electron chi connectivity index (χ0n) is 20.6. The second kappa shape index (κ2) is 9.61. The third-order valence-electron chi connectivity index (χ3n) is 6.51. The molecule has 0 aliphatic carbocycles. The summed E-state index contributed by atoms with van der Waals surface area (Å²) in [7, 11) is 0. The number of amides is 2. The minimum Gasteiger partial charge on any atom is -0.334 e. The van der Waals surface area contributed by atoms with Crippen LogP contribution >= 0.6 is 0 Å². The van der Waals surface area contributed by atoms with Gasteiger partial charge in [0.1, 0.15) is 5.54 Å². The Bertz CT molecular complexity index is 968. The molecule has 0 unspecified atom stereocenters. The molecule has 5 heteroatoms. The second-order valence-corrected chi connectivity index (χ2v) is 10.6. The molecular weight excluding hydrogens is 420 g/mol. The van der Waals surface area contributed by atoms with Gasteiger partial charge >= 0.3 is 6.03 Å². The van der Waals surface area contributed by atoms with Gasteiger partial charge in [-0.1, -0.05) is 91.0 Å². The van der Waals surface area contributed by atoms with E-state index in [9.17, 15) is 4.79 Å². The quantitative estimate of drug-likeness (QED) is 0.309. The molecule has 3 aromatic rings. The molecule has 4 rings (SSSR count). The third-order valence-corrected chi connectivity index (χ3v) is 6.51. The van der Waals surface area contributed by atoms with E-state index in [1.54, 1.807) is 0 Å². The molecule has 0 atom stereocenters. The van der Waals surface area contributed by atoms with Crippen molar-refractivity contribution < 1.29 is 4.79 Å². The molecule has 1 heterocycles. The largest absolute Gasteiger partial charge is 0.334 e. The maximum absolute atomic E-state index is 13.2. The number of urea groups is 1. The van der Waals surface area contributed by atoms with E-state index in [-0.39, 0.29) is 23.2 Å². The highest BCUT2D eigenvalue weighted by Crippen LogP contribution is 2.36. The highest BCUT2D eigenvalue weighted by molar-refractivity contribution is 5.74. The first kappa shape index (κ1) is 24.0. The Hall–Kier alpha value is -3.15. The van der Waals surface area contributed by atoms with E-state index >= 15 is 0 Å². The smallest absolute Gasteiger partial charge is 0.329 e. The van der Waals surface area contributed by atoms with E-state index < -0.39 is 5.54 Å². The number of benzene rings is 3. The normalized spacial score (nSPS) is 17.6. The van der Waals surface area contributed by atoms with Gasteiger partial charge in [0.05, 0.1) is 0 Å². The Morgan fingerprint density at radius 1 is 0.735 bits per heavy atom. The van der Waals surface area contributed by atoms with Crippen LogP contribution in [0.2, 0.25) is 0 Å². The molecule has 0 spiro atoms. The lowest BCUT2D eigenvalue weighted by molar-refractivity contribution is 0.146. The summed E-state index contributed by atoms with van der Waals surface area (Å²) in [6, 6.07) is 30.5. The fraction of sp³-hybridized carbons (Fsp3) is 0.345. The average molecular weight is 457 g/mol. The summed E-state index contributed by atoms with van der Waals surface area (Å²) in [5.41, 5.74) is 8.70. The molecule has 4 N–H and O–H groups in total. The van der Waals surface area contributed by atoms with E-state index in [1.807, 2.05) is 54.6 Å². The number of hydrazine groups is 1. The molecule has 1 saturated heterocycles. The maximum atomic E-state index is 13.2. The van der Waals surface area contributed by atoms with Crippen molar-refractivity contribution in [3.8, 4) is 0 Å². The third kappa shape index (κ3) is 5.32. The lowest BCUT2D eigenvalue weighted by Gasteiger charge is -2.46. The van der Waals surface area contributed by atoms with Gasteiger partial charge in [0.2, 0.25) is 0 Å². The predicted molar refractivity (Wildman–Crippen MR) is 138 cm³/mol. The van der Waals surface area contributed by atoms with Gasteiger partial charge in [-0.05, 0) is 57.2 Å². The molecule has 5 nitrogen and oxygen atoms in total. The highest BCUT2D eigenvalue weighted by atomic mass is 16.2. The Balaban J connectivity index is 1.64. The van der Waals surface area contributed by atoms with Gasteiger partial charge in [0, 0.05) is 17.1 Å². The zero-order valence-corrected chi connectivity index (χ0v) is 20.6. The first-order valence-corrected chi connectivity index (χ1v) is 12.0. The average Bonchev–Trinajstić information content (AvgIpc) is 2.79. The van der Waals surface area contributed by atoms with Gasteiger partial charge in [-0.3, -0.25) is 5.43 Å². The van der Waals surface area contributed by atoms with E-state index in [1.165, 1.54) is 0 Å². The van der Waals surface area contributed by atoms with Crippen LogP contribution in [0.15, 0.2) is 91.0 Å². The molecule has 1 aliphatic heterocycles. The van der Waals surface area contributed by atoms with E-state index in [0.717, 1.165) is 29.5 Å². The minimum absolute atomic E-state index is 0.0466. The molecule has 2 amide bonds. The van der Waals surface area contributed by atoms with Gasteiger partial charge in [-0.2, -0.15) is 0 Å². The molecule has 0 saturated carbocycles. The van der Waals surface area contributed by atoms with Crippen molar-refractivity contribution in [3.05, 3.63) is 108 Å². The van der Waals surface area contributed by atoms with E-state index in [2.05, 4.69) is 85.6 Å². The number of nitrogens with one attached hydrogen (secondary N) is 4. The van der Waals surface area contributed by atoms with Gasteiger partial charge in [0.15, 0.2) is 0 Å².